The van der Waals surface area contributed by atoms with Crippen LogP contribution in [0.4, 0.5) is 11.4 Å². The number of carbonyl (C=O) groups excluding carboxylic acids is 2. The first-order valence-electron chi connectivity index (χ1n) is 9.72. The Balaban J connectivity index is 1.66. The van der Waals surface area contributed by atoms with Gasteiger partial charge in [-0.05, 0) is 61.9 Å². The van der Waals surface area contributed by atoms with Crippen LogP contribution < -0.4 is 10.6 Å². The van der Waals surface area contributed by atoms with E-state index in [1.807, 2.05) is 19.1 Å². The molecular formula is C24H21ClN2O4S. The summed E-state index contributed by atoms with van der Waals surface area (Å²) in [5, 5.41) is 15.0. The van der Waals surface area contributed by atoms with Crippen molar-refractivity contribution in [3.63, 3.8) is 0 Å². The van der Waals surface area contributed by atoms with Crippen molar-refractivity contribution in [2.45, 2.75) is 24.0 Å². The second-order valence-corrected chi connectivity index (χ2v) is 8.87. The third-order valence-electron chi connectivity index (χ3n) is 4.62. The van der Waals surface area contributed by atoms with Gasteiger partial charge >= 0.3 is 5.97 Å². The van der Waals surface area contributed by atoms with E-state index < -0.39 is 17.1 Å². The Labute approximate surface area is 195 Å². The van der Waals surface area contributed by atoms with E-state index in [9.17, 15) is 19.5 Å². The average molecular weight is 469 g/mol. The van der Waals surface area contributed by atoms with E-state index in [1.165, 1.54) is 23.9 Å². The number of thioether (sulfide) groups is 1. The smallest absolute Gasteiger partial charge is 0.336 e. The molecule has 0 fully saturated rings. The van der Waals surface area contributed by atoms with Gasteiger partial charge in [0, 0.05) is 21.3 Å². The molecular weight excluding hydrogens is 448 g/mol. The molecule has 0 bridgehead atoms. The molecule has 3 rings (SSSR count). The lowest BCUT2D eigenvalue weighted by Gasteiger charge is -2.14. The van der Waals surface area contributed by atoms with Gasteiger partial charge in [-0.3, -0.25) is 9.59 Å². The number of benzene rings is 3. The fourth-order valence-electron chi connectivity index (χ4n) is 2.89. The fraction of sp³-hybridized carbons (Fsp3) is 0.125. The standard InChI is InChI=1S/C24H21ClN2O4S/c1-14-10-11-17(13-21(14)25)26-22(28)15(2)32-18-7-5-6-16(12-18)27-23(29)19-8-3-4-9-20(19)24(30)31/h3-13,15H,1-2H3,(H,26,28)(H,27,29)(H,30,31). The summed E-state index contributed by atoms with van der Waals surface area (Å²) in [7, 11) is 0. The molecule has 8 heteroatoms. The monoisotopic (exact) mass is 468 g/mol. The lowest BCUT2D eigenvalue weighted by molar-refractivity contribution is -0.115. The van der Waals surface area contributed by atoms with Gasteiger partial charge in [-0.1, -0.05) is 35.9 Å². The minimum absolute atomic E-state index is 0.0718. The number of anilines is 2. The summed E-state index contributed by atoms with van der Waals surface area (Å²) in [6.07, 6.45) is 0. The van der Waals surface area contributed by atoms with Gasteiger partial charge in [0.1, 0.15) is 0 Å². The molecule has 1 unspecified atom stereocenters. The summed E-state index contributed by atoms with van der Waals surface area (Å²) in [5.74, 6) is -1.87. The predicted molar refractivity (Wildman–Crippen MR) is 128 cm³/mol. The van der Waals surface area contributed by atoms with E-state index in [1.54, 1.807) is 49.4 Å². The Kier molecular flexibility index (Phi) is 7.56. The predicted octanol–water partition coefficient (Wildman–Crippen LogP) is 5.72. The van der Waals surface area contributed by atoms with E-state index >= 15 is 0 Å². The van der Waals surface area contributed by atoms with Crippen molar-refractivity contribution in [3.05, 3.63) is 88.4 Å². The molecule has 3 aromatic carbocycles. The second kappa shape index (κ2) is 10.3. The first-order chi connectivity index (χ1) is 15.2. The third-order valence-corrected chi connectivity index (χ3v) is 6.12. The molecule has 0 saturated heterocycles. The number of carbonyl (C=O) groups is 3. The summed E-state index contributed by atoms with van der Waals surface area (Å²) in [6.45, 7) is 3.67. The normalized spacial score (nSPS) is 11.5. The average Bonchev–Trinajstić information content (AvgIpc) is 2.76. The molecule has 6 nitrogen and oxygen atoms in total. The molecule has 0 aliphatic heterocycles. The quantitative estimate of drug-likeness (QED) is 0.385. The van der Waals surface area contributed by atoms with Crippen molar-refractivity contribution in [2.24, 2.45) is 0 Å². The zero-order valence-electron chi connectivity index (χ0n) is 17.4. The van der Waals surface area contributed by atoms with Crippen LogP contribution in [0, 0.1) is 6.92 Å². The number of aryl methyl sites for hydroxylation is 1. The highest BCUT2D eigenvalue weighted by Crippen LogP contribution is 2.28. The molecule has 164 valence electrons. The second-order valence-electron chi connectivity index (χ2n) is 7.05. The van der Waals surface area contributed by atoms with E-state index in [2.05, 4.69) is 10.6 Å². The largest absolute Gasteiger partial charge is 0.478 e. The summed E-state index contributed by atoms with van der Waals surface area (Å²) in [5.41, 5.74) is 2.05. The molecule has 0 saturated carbocycles. The number of aromatic carboxylic acids is 1. The van der Waals surface area contributed by atoms with Crippen molar-refractivity contribution >= 4 is 52.5 Å². The molecule has 3 aromatic rings. The van der Waals surface area contributed by atoms with Gasteiger partial charge in [0.05, 0.1) is 16.4 Å². The fourth-order valence-corrected chi connectivity index (χ4v) is 3.99. The Bertz CT molecular complexity index is 1180. The van der Waals surface area contributed by atoms with Crippen molar-refractivity contribution in [3.8, 4) is 0 Å². The van der Waals surface area contributed by atoms with E-state index in [-0.39, 0.29) is 17.0 Å². The van der Waals surface area contributed by atoms with Crippen molar-refractivity contribution < 1.29 is 19.5 Å². The van der Waals surface area contributed by atoms with Gasteiger partial charge in [-0.25, -0.2) is 4.79 Å². The van der Waals surface area contributed by atoms with Gasteiger partial charge in [-0.2, -0.15) is 0 Å². The maximum absolute atomic E-state index is 12.6. The summed E-state index contributed by atoms with van der Waals surface area (Å²) >= 11 is 7.45. The van der Waals surface area contributed by atoms with Crippen LogP contribution in [0.3, 0.4) is 0 Å². The molecule has 2 amide bonds. The zero-order valence-corrected chi connectivity index (χ0v) is 19.0. The molecule has 0 aromatic heterocycles. The number of halogens is 1. The van der Waals surface area contributed by atoms with Gasteiger partial charge in [0.25, 0.3) is 5.91 Å². The van der Waals surface area contributed by atoms with Crippen LogP contribution in [-0.2, 0) is 4.79 Å². The lowest BCUT2D eigenvalue weighted by Crippen LogP contribution is -2.22. The lowest BCUT2D eigenvalue weighted by atomic mass is 10.1. The van der Waals surface area contributed by atoms with Crippen LogP contribution in [0.15, 0.2) is 71.6 Å². The summed E-state index contributed by atoms with van der Waals surface area (Å²) < 4.78 is 0. The van der Waals surface area contributed by atoms with Crippen molar-refractivity contribution in [1.29, 1.82) is 0 Å². The summed E-state index contributed by atoms with van der Waals surface area (Å²) in [4.78, 5) is 37.3. The highest BCUT2D eigenvalue weighted by molar-refractivity contribution is 8.00. The van der Waals surface area contributed by atoms with Crippen LogP contribution in [-0.4, -0.2) is 28.1 Å². The molecule has 32 heavy (non-hydrogen) atoms. The van der Waals surface area contributed by atoms with Gasteiger partial charge in [0.2, 0.25) is 5.91 Å². The Morgan fingerprint density at radius 1 is 0.906 bits per heavy atom. The Morgan fingerprint density at radius 2 is 1.59 bits per heavy atom. The SMILES string of the molecule is Cc1ccc(NC(=O)C(C)Sc2cccc(NC(=O)c3ccccc3C(=O)O)c2)cc1Cl. The molecule has 0 spiro atoms. The number of carboxylic acids is 1. The van der Waals surface area contributed by atoms with Crippen LogP contribution in [0.5, 0.6) is 0 Å². The van der Waals surface area contributed by atoms with E-state index in [0.717, 1.165) is 10.5 Å². The number of amides is 2. The van der Waals surface area contributed by atoms with Crippen LogP contribution in [0.25, 0.3) is 0 Å². The molecule has 0 heterocycles. The maximum atomic E-state index is 12.6. The van der Waals surface area contributed by atoms with Crippen LogP contribution in [0.1, 0.15) is 33.2 Å². The highest BCUT2D eigenvalue weighted by Gasteiger charge is 2.17. The number of hydrogen-bond acceptors (Lipinski definition) is 4. The number of hydrogen-bond donors (Lipinski definition) is 3. The topological polar surface area (TPSA) is 95.5 Å². The van der Waals surface area contributed by atoms with Gasteiger partial charge < -0.3 is 15.7 Å². The van der Waals surface area contributed by atoms with Gasteiger partial charge in [0.15, 0.2) is 0 Å². The first-order valence-corrected chi connectivity index (χ1v) is 11.0. The first kappa shape index (κ1) is 23.4. The molecule has 1 atom stereocenters. The van der Waals surface area contributed by atoms with Crippen molar-refractivity contribution in [2.75, 3.05) is 10.6 Å². The summed E-state index contributed by atoms with van der Waals surface area (Å²) in [6, 6.07) is 18.4. The zero-order chi connectivity index (χ0) is 23.3. The molecule has 0 aliphatic carbocycles. The minimum Gasteiger partial charge on any atom is -0.478 e. The molecule has 3 N–H and O–H groups in total. The van der Waals surface area contributed by atoms with Crippen LogP contribution in [0.2, 0.25) is 5.02 Å². The van der Waals surface area contributed by atoms with E-state index in [0.29, 0.717) is 16.4 Å². The van der Waals surface area contributed by atoms with E-state index in [4.69, 9.17) is 11.6 Å². The van der Waals surface area contributed by atoms with Gasteiger partial charge in [-0.15, -0.1) is 11.8 Å². The number of nitrogens with one attached hydrogen (secondary N) is 2. The Hall–Kier alpha value is -3.29. The van der Waals surface area contributed by atoms with Crippen LogP contribution >= 0.6 is 23.4 Å². The highest BCUT2D eigenvalue weighted by atomic mass is 35.5. The minimum atomic E-state index is -1.17. The molecule has 0 radical (unpaired) electrons. The van der Waals surface area contributed by atoms with Crippen molar-refractivity contribution in [1.82, 2.24) is 0 Å². The third kappa shape index (κ3) is 5.90. The molecule has 0 aliphatic rings. The number of rotatable bonds is 7. The Morgan fingerprint density at radius 3 is 2.28 bits per heavy atom. The number of carboxylic acid groups (broad SMARTS) is 1. The maximum Gasteiger partial charge on any atom is 0.336 e.